The Morgan fingerprint density at radius 1 is 1.62 bits per heavy atom. The Morgan fingerprint density at radius 3 is 2.85 bits per heavy atom. The van der Waals surface area contributed by atoms with Crippen LogP contribution in [0, 0.1) is 0 Å². The molecule has 0 spiro atoms. The van der Waals surface area contributed by atoms with E-state index in [0.29, 0.717) is 11.6 Å². The van der Waals surface area contributed by atoms with Crippen LogP contribution in [-0.4, -0.2) is 22.5 Å². The van der Waals surface area contributed by atoms with Crippen molar-refractivity contribution >= 4 is 16.9 Å². The number of thioether (sulfide) groups is 1. The van der Waals surface area contributed by atoms with E-state index in [-0.39, 0.29) is 0 Å². The largest absolute Gasteiger partial charge is 0.360 e. The Kier molecular flexibility index (Phi) is 2.54. The number of nitrogens with zero attached hydrogens (tertiary/aromatic N) is 1. The molecule has 74 valence electrons. The smallest absolute Gasteiger partial charge is 0.157 e. The number of hydrogen-bond donors (Lipinski definition) is 1. The van der Waals surface area contributed by atoms with Gasteiger partial charge in [-0.2, -0.15) is 0 Å². The van der Waals surface area contributed by atoms with Crippen molar-refractivity contribution < 1.29 is 0 Å². The van der Waals surface area contributed by atoms with Crippen LogP contribution in [0.3, 0.4) is 0 Å². The minimum atomic E-state index is 0.370. The Hall–Kier alpha value is -0.180. The van der Waals surface area contributed by atoms with Gasteiger partial charge in [0.1, 0.15) is 0 Å². The summed E-state index contributed by atoms with van der Waals surface area (Å²) in [6.45, 7) is 4.52. The number of aliphatic imine (C=N–C) groups is 1. The number of nitrogens with one attached hydrogen (secondary N) is 1. The molecular weight excluding hydrogens is 180 g/mol. The highest BCUT2D eigenvalue weighted by molar-refractivity contribution is 8.14. The highest BCUT2D eigenvalue weighted by Crippen LogP contribution is 2.32. The predicted octanol–water partition coefficient (Wildman–Crippen LogP) is 2.40. The second-order valence-electron chi connectivity index (χ2n) is 4.35. The van der Waals surface area contributed by atoms with Crippen molar-refractivity contribution in [1.29, 1.82) is 0 Å². The van der Waals surface area contributed by atoms with E-state index in [4.69, 9.17) is 0 Å². The van der Waals surface area contributed by atoms with Gasteiger partial charge in [0.2, 0.25) is 0 Å². The monoisotopic (exact) mass is 198 g/mol. The van der Waals surface area contributed by atoms with Crippen LogP contribution in [0.4, 0.5) is 0 Å². The highest BCUT2D eigenvalue weighted by Gasteiger charge is 2.33. The zero-order valence-corrected chi connectivity index (χ0v) is 9.28. The first-order valence-electron chi connectivity index (χ1n) is 5.21. The molecule has 2 aliphatic rings. The molecule has 3 heteroatoms. The standard InChI is InChI=1S/C10H18N2S/c1-3-8-7-13-9(11-8)12-10(2)5-4-6-10/h8H,3-7H2,1-2H3,(H,11,12). The second kappa shape index (κ2) is 3.52. The van der Waals surface area contributed by atoms with E-state index in [1.54, 1.807) is 0 Å². The van der Waals surface area contributed by atoms with E-state index in [2.05, 4.69) is 24.2 Å². The minimum Gasteiger partial charge on any atom is -0.360 e. The van der Waals surface area contributed by atoms with Crippen molar-refractivity contribution in [3.8, 4) is 0 Å². The summed E-state index contributed by atoms with van der Waals surface area (Å²) in [7, 11) is 0. The van der Waals surface area contributed by atoms with Crippen LogP contribution in [-0.2, 0) is 0 Å². The third kappa shape index (κ3) is 2.01. The molecule has 1 N–H and O–H groups in total. The molecule has 1 aliphatic heterocycles. The molecule has 0 aromatic rings. The van der Waals surface area contributed by atoms with Crippen molar-refractivity contribution in [2.24, 2.45) is 4.99 Å². The lowest BCUT2D eigenvalue weighted by molar-refractivity contribution is 0.245. The lowest BCUT2D eigenvalue weighted by Crippen LogP contribution is -2.49. The number of amidine groups is 1. The quantitative estimate of drug-likeness (QED) is 0.737. The fourth-order valence-corrected chi connectivity index (χ4v) is 2.99. The molecule has 2 rings (SSSR count). The lowest BCUT2D eigenvalue weighted by atomic mass is 9.79. The Balaban J connectivity index is 1.88. The maximum Gasteiger partial charge on any atom is 0.157 e. The van der Waals surface area contributed by atoms with Gasteiger partial charge in [0.15, 0.2) is 5.17 Å². The predicted molar refractivity (Wildman–Crippen MR) is 59.4 cm³/mol. The van der Waals surface area contributed by atoms with Crippen LogP contribution in [0.2, 0.25) is 0 Å². The molecule has 2 nitrogen and oxygen atoms in total. The molecule has 1 atom stereocenters. The van der Waals surface area contributed by atoms with Crippen molar-refractivity contribution in [2.75, 3.05) is 5.75 Å². The number of rotatable bonds is 2. The summed E-state index contributed by atoms with van der Waals surface area (Å²) in [5, 5.41) is 4.76. The van der Waals surface area contributed by atoms with Gasteiger partial charge in [0, 0.05) is 11.3 Å². The Labute approximate surface area is 84.6 Å². The van der Waals surface area contributed by atoms with Crippen LogP contribution < -0.4 is 5.32 Å². The molecule has 0 aromatic heterocycles. The van der Waals surface area contributed by atoms with E-state index in [1.165, 1.54) is 36.6 Å². The second-order valence-corrected chi connectivity index (χ2v) is 5.36. The fraction of sp³-hybridized carbons (Fsp3) is 0.900. The average Bonchev–Trinajstić information content (AvgIpc) is 2.49. The zero-order valence-electron chi connectivity index (χ0n) is 8.47. The normalized spacial score (nSPS) is 30.9. The summed E-state index contributed by atoms with van der Waals surface area (Å²) in [6, 6.07) is 0.566. The maximum absolute atomic E-state index is 4.64. The van der Waals surface area contributed by atoms with Crippen LogP contribution in [0.5, 0.6) is 0 Å². The van der Waals surface area contributed by atoms with E-state index >= 15 is 0 Å². The zero-order chi connectivity index (χ0) is 9.31. The van der Waals surface area contributed by atoms with Gasteiger partial charge >= 0.3 is 0 Å². The molecule has 1 fully saturated rings. The minimum absolute atomic E-state index is 0.370. The van der Waals surface area contributed by atoms with Gasteiger partial charge in [0.25, 0.3) is 0 Å². The molecule has 1 aliphatic carbocycles. The van der Waals surface area contributed by atoms with Gasteiger partial charge in [-0.1, -0.05) is 18.7 Å². The summed E-state index contributed by atoms with van der Waals surface area (Å²) < 4.78 is 0. The molecule has 13 heavy (non-hydrogen) atoms. The van der Waals surface area contributed by atoms with Crippen LogP contribution in [0.1, 0.15) is 39.5 Å². The molecule has 0 amide bonds. The summed E-state index contributed by atoms with van der Waals surface area (Å²) in [5.74, 6) is 1.18. The van der Waals surface area contributed by atoms with Crippen LogP contribution in [0.25, 0.3) is 0 Å². The number of hydrogen-bond acceptors (Lipinski definition) is 3. The average molecular weight is 198 g/mol. The summed E-state index contributed by atoms with van der Waals surface area (Å²) in [4.78, 5) is 4.64. The maximum atomic E-state index is 4.64. The fourth-order valence-electron chi connectivity index (χ4n) is 1.78. The van der Waals surface area contributed by atoms with Crippen LogP contribution in [0.15, 0.2) is 4.99 Å². The molecular formula is C10H18N2S. The van der Waals surface area contributed by atoms with Crippen molar-refractivity contribution in [3.63, 3.8) is 0 Å². The molecule has 1 heterocycles. The van der Waals surface area contributed by atoms with E-state index in [9.17, 15) is 0 Å². The third-order valence-corrected chi connectivity index (χ3v) is 4.08. The lowest BCUT2D eigenvalue weighted by Gasteiger charge is -2.39. The Bertz CT molecular complexity index is 221. The molecule has 1 unspecified atom stereocenters. The van der Waals surface area contributed by atoms with E-state index in [1.807, 2.05) is 11.8 Å². The van der Waals surface area contributed by atoms with Gasteiger partial charge in [-0.25, -0.2) is 0 Å². The highest BCUT2D eigenvalue weighted by atomic mass is 32.2. The summed E-state index contributed by atoms with van der Waals surface area (Å²) in [6.07, 6.45) is 5.17. The van der Waals surface area contributed by atoms with E-state index < -0.39 is 0 Å². The van der Waals surface area contributed by atoms with Gasteiger partial charge in [0.05, 0.1) is 6.04 Å². The first-order valence-corrected chi connectivity index (χ1v) is 6.19. The summed E-state index contributed by atoms with van der Waals surface area (Å²) >= 11 is 1.89. The van der Waals surface area contributed by atoms with Crippen molar-refractivity contribution in [1.82, 2.24) is 5.32 Å². The Morgan fingerprint density at radius 2 is 2.38 bits per heavy atom. The molecule has 0 aromatic carbocycles. The topological polar surface area (TPSA) is 24.4 Å². The first kappa shape index (κ1) is 9.38. The van der Waals surface area contributed by atoms with Gasteiger partial charge in [-0.15, -0.1) is 0 Å². The first-order chi connectivity index (χ1) is 6.22. The SMILES string of the molecule is CCC1CSC(NC2(C)CCC2)=N1. The molecule has 0 bridgehead atoms. The van der Waals surface area contributed by atoms with Crippen molar-refractivity contribution in [3.05, 3.63) is 0 Å². The molecule has 0 radical (unpaired) electrons. The molecule has 0 saturated heterocycles. The van der Waals surface area contributed by atoms with Crippen LogP contribution >= 0.6 is 11.8 Å². The van der Waals surface area contributed by atoms with Gasteiger partial charge in [-0.3, -0.25) is 4.99 Å². The van der Waals surface area contributed by atoms with E-state index in [0.717, 1.165) is 0 Å². The third-order valence-electron chi connectivity index (χ3n) is 3.05. The van der Waals surface area contributed by atoms with Crippen molar-refractivity contribution in [2.45, 2.75) is 51.1 Å². The molecule has 1 saturated carbocycles. The summed E-state index contributed by atoms with van der Waals surface area (Å²) in [5.41, 5.74) is 0.370. The van der Waals surface area contributed by atoms with Gasteiger partial charge in [-0.05, 0) is 32.6 Å². The van der Waals surface area contributed by atoms with Gasteiger partial charge < -0.3 is 5.32 Å².